The molecule has 1 amide bonds. The number of anilines is 1. The van der Waals surface area contributed by atoms with E-state index in [0.717, 1.165) is 31.2 Å². The lowest BCUT2D eigenvalue weighted by Gasteiger charge is -2.12. The second-order valence-corrected chi connectivity index (χ2v) is 6.70. The summed E-state index contributed by atoms with van der Waals surface area (Å²) in [5.41, 5.74) is 2.17. The second kappa shape index (κ2) is 6.58. The zero-order valence-corrected chi connectivity index (χ0v) is 14.2. The van der Waals surface area contributed by atoms with Crippen LogP contribution in [0.1, 0.15) is 51.1 Å². The van der Waals surface area contributed by atoms with E-state index >= 15 is 0 Å². The standard InChI is InChI=1S/C17H20N2O3S/c1-3-22-17(21)14-11-7-4-5-9-13(11)23-16(14)18-15(20)12-8-6-10-19(12)2/h6,8,10H,3-5,7,9H2,1-2H3,(H,18,20). The van der Waals surface area contributed by atoms with E-state index in [9.17, 15) is 9.59 Å². The van der Waals surface area contributed by atoms with Crippen molar-refractivity contribution in [3.05, 3.63) is 40.0 Å². The highest BCUT2D eigenvalue weighted by Crippen LogP contribution is 2.38. The number of amides is 1. The van der Waals surface area contributed by atoms with Gasteiger partial charge in [-0.05, 0) is 50.3 Å². The summed E-state index contributed by atoms with van der Waals surface area (Å²) < 4.78 is 6.96. The molecule has 0 bridgehead atoms. The Bertz CT molecular complexity index is 745. The molecule has 0 saturated heterocycles. The molecule has 3 rings (SSSR count). The van der Waals surface area contributed by atoms with Gasteiger partial charge in [0, 0.05) is 18.1 Å². The lowest BCUT2D eigenvalue weighted by molar-refractivity contribution is 0.0526. The van der Waals surface area contributed by atoms with Crippen LogP contribution in [0.5, 0.6) is 0 Å². The van der Waals surface area contributed by atoms with Gasteiger partial charge in [-0.15, -0.1) is 11.3 Å². The first-order valence-electron chi connectivity index (χ1n) is 7.86. The molecule has 122 valence electrons. The van der Waals surface area contributed by atoms with Crippen LogP contribution in [0.2, 0.25) is 0 Å². The minimum atomic E-state index is -0.339. The van der Waals surface area contributed by atoms with Crippen LogP contribution in [0.4, 0.5) is 5.00 Å². The SMILES string of the molecule is CCOC(=O)c1c(NC(=O)c2cccn2C)sc2c1CCCC2. The maximum atomic E-state index is 12.5. The Morgan fingerprint density at radius 2 is 2.13 bits per heavy atom. The van der Waals surface area contributed by atoms with Crippen molar-refractivity contribution in [2.45, 2.75) is 32.6 Å². The molecular formula is C17H20N2O3S. The van der Waals surface area contributed by atoms with Crippen LogP contribution in [-0.2, 0) is 24.6 Å². The minimum Gasteiger partial charge on any atom is -0.462 e. The lowest BCUT2D eigenvalue weighted by Crippen LogP contribution is -2.17. The smallest absolute Gasteiger partial charge is 0.341 e. The quantitative estimate of drug-likeness (QED) is 0.873. The number of carbonyl (C=O) groups excluding carboxylic acids is 2. The van der Waals surface area contributed by atoms with Crippen molar-refractivity contribution in [1.82, 2.24) is 4.57 Å². The predicted octanol–water partition coefficient (Wildman–Crippen LogP) is 3.39. The van der Waals surface area contributed by atoms with Crippen molar-refractivity contribution in [2.24, 2.45) is 7.05 Å². The molecule has 1 N–H and O–H groups in total. The number of nitrogens with one attached hydrogen (secondary N) is 1. The van der Waals surface area contributed by atoms with Gasteiger partial charge in [0.25, 0.3) is 5.91 Å². The van der Waals surface area contributed by atoms with Gasteiger partial charge < -0.3 is 14.6 Å². The number of fused-ring (bicyclic) bond motifs is 1. The van der Waals surface area contributed by atoms with Crippen molar-refractivity contribution in [3.63, 3.8) is 0 Å². The summed E-state index contributed by atoms with van der Waals surface area (Å²) in [7, 11) is 1.82. The van der Waals surface area contributed by atoms with Crippen molar-refractivity contribution in [2.75, 3.05) is 11.9 Å². The number of esters is 1. The molecule has 2 aromatic heterocycles. The largest absolute Gasteiger partial charge is 0.462 e. The molecule has 0 unspecified atom stereocenters. The van der Waals surface area contributed by atoms with Gasteiger partial charge in [-0.3, -0.25) is 4.79 Å². The van der Waals surface area contributed by atoms with E-state index in [-0.39, 0.29) is 11.9 Å². The second-order valence-electron chi connectivity index (χ2n) is 5.59. The average molecular weight is 332 g/mol. The summed E-state index contributed by atoms with van der Waals surface area (Å²) in [6.45, 7) is 2.12. The van der Waals surface area contributed by atoms with Crippen LogP contribution in [0.15, 0.2) is 18.3 Å². The predicted molar refractivity (Wildman–Crippen MR) is 90.3 cm³/mol. The Labute approximate surface area is 139 Å². The molecule has 0 atom stereocenters. The molecule has 1 aliphatic carbocycles. The molecule has 0 aromatic carbocycles. The van der Waals surface area contributed by atoms with Crippen LogP contribution >= 0.6 is 11.3 Å². The topological polar surface area (TPSA) is 60.3 Å². The fourth-order valence-electron chi connectivity index (χ4n) is 2.94. The number of nitrogens with zero attached hydrogens (tertiary/aromatic N) is 1. The molecule has 23 heavy (non-hydrogen) atoms. The Balaban J connectivity index is 1.95. The number of carbonyl (C=O) groups is 2. The molecule has 1 aliphatic rings. The Hall–Kier alpha value is -2.08. The van der Waals surface area contributed by atoms with Gasteiger partial charge in [0.2, 0.25) is 0 Å². The van der Waals surface area contributed by atoms with E-state index in [1.54, 1.807) is 17.6 Å². The summed E-state index contributed by atoms with van der Waals surface area (Å²) in [5.74, 6) is -0.546. The van der Waals surface area contributed by atoms with E-state index in [4.69, 9.17) is 4.74 Å². The summed E-state index contributed by atoms with van der Waals surface area (Å²) in [4.78, 5) is 26.0. The zero-order chi connectivity index (χ0) is 16.4. The van der Waals surface area contributed by atoms with Gasteiger partial charge in [0.1, 0.15) is 10.7 Å². The third kappa shape index (κ3) is 3.03. The third-order valence-corrected chi connectivity index (χ3v) is 5.26. The average Bonchev–Trinajstić information content (AvgIpc) is 3.10. The molecule has 0 fully saturated rings. The lowest BCUT2D eigenvalue weighted by atomic mass is 9.95. The molecule has 0 spiro atoms. The van der Waals surface area contributed by atoms with E-state index in [2.05, 4.69) is 5.32 Å². The summed E-state index contributed by atoms with van der Waals surface area (Å²) in [6, 6.07) is 3.58. The number of thiophene rings is 1. The highest BCUT2D eigenvalue weighted by atomic mass is 32.1. The first-order valence-corrected chi connectivity index (χ1v) is 8.67. The fraction of sp³-hybridized carbons (Fsp3) is 0.412. The van der Waals surface area contributed by atoms with Crippen LogP contribution in [0.3, 0.4) is 0 Å². The van der Waals surface area contributed by atoms with Crippen LogP contribution in [-0.4, -0.2) is 23.1 Å². The fourth-order valence-corrected chi connectivity index (χ4v) is 4.21. The summed E-state index contributed by atoms with van der Waals surface area (Å²) in [5, 5.41) is 3.52. The van der Waals surface area contributed by atoms with Gasteiger partial charge in [0.05, 0.1) is 12.2 Å². The first-order chi connectivity index (χ1) is 11.1. The summed E-state index contributed by atoms with van der Waals surface area (Å²) in [6.07, 6.45) is 5.86. The monoisotopic (exact) mass is 332 g/mol. The van der Waals surface area contributed by atoms with E-state index in [0.29, 0.717) is 22.9 Å². The maximum absolute atomic E-state index is 12.5. The van der Waals surface area contributed by atoms with Gasteiger partial charge in [-0.2, -0.15) is 0 Å². The van der Waals surface area contributed by atoms with Crippen molar-refractivity contribution < 1.29 is 14.3 Å². The maximum Gasteiger partial charge on any atom is 0.341 e. The number of aryl methyl sites for hydroxylation is 2. The van der Waals surface area contributed by atoms with Crippen molar-refractivity contribution >= 4 is 28.2 Å². The molecule has 0 radical (unpaired) electrons. The van der Waals surface area contributed by atoms with Gasteiger partial charge in [0.15, 0.2) is 0 Å². The van der Waals surface area contributed by atoms with Crippen molar-refractivity contribution in [1.29, 1.82) is 0 Å². The molecule has 5 nitrogen and oxygen atoms in total. The minimum absolute atomic E-state index is 0.207. The number of ether oxygens (including phenoxy) is 1. The molecule has 2 aromatic rings. The van der Waals surface area contributed by atoms with Crippen LogP contribution in [0.25, 0.3) is 0 Å². The number of hydrogen-bond acceptors (Lipinski definition) is 4. The highest BCUT2D eigenvalue weighted by Gasteiger charge is 2.27. The Morgan fingerprint density at radius 1 is 1.35 bits per heavy atom. The van der Waals surface area contributed by atoms with Crippen LogP contribution in [0, 0.1) is 0 Å². The van der Waals surface area contributed by atoms with E-state index in [1.165, 1.54) is 16.2 Å². The number of aromatic nitrogens is 1. The molecule has 6 heteroatoms. The van der Waals surface area contributed by atoms with Gasteiger partial charge in [-0.1, -0.05) is 0 Å². The Morgan fingerprint density at radius 3 is 2.83 bits per heavy atom. The van der Waals surface area contributed by atoms with Gasteiger partial charge >= 0.3 is 5.97 Å². The molecule has 0 aliphatic heterocycles. The highest BCUT2D eigenvalue weighted by molar-refractivity contribution is 7.17. The third-order valence-electron chi connectivity index (χ3n) is 4.05. The van der Waals surface area contributed by atoms with Gasteiger partial charge in [-0.25, -0.2) is 4.79 Å². The van der Waals surface area contributed by atoms with E-state index < -0.39 is 0 Å². The summed E-state index contributed by atoms with van der Waals surface area (Å²) >= 11 is 1.51. The molecule has 2 heterocycles. The van der Waals surface area contributed by atoms with Crippen LogP contribution < -0.4 is 5.32 Å². The van der Waals surface area contributed by atoms with E-state index in [1.807, 2.05) is 19.3 Å². The first kappa shape index (κ1) is 15.8. The Kier molecular flexibility index (Phi) is 4.52. The molecular weight excluding hydrogens is 312 g/mol. The van der Waals surface area contributed by atoms with Crippen molar-refractivity contribution in [3.8, 4) is 0 Å². The number of rotatable bonds is 4. The zero-order valence-electron chi connectivity index (χ0n) is 13.3. The molecule has 0 saturated carbocycles. The normalized spacial score (nSPS) is 13.5. The number of hydrogen-bond donors (Lipinski definition) is 1.